The quantitative estimate of drug-likeness (QED) is 0.790. The van der Waals surface area contributed by atoms with Gasteiger partial charge in [-0.15, -0.1) is 0 Å². The van der Waals surface area contributed by atoms with E-state index in [1.165, 1.54) is 0 Å². The summed E-state index contributed by atoms with van der Waals surface area (Å²) in [5, 5.41) is 2.95. The van der Waals surface area contributed by atoms with E-state index in [4.69, 9.17) is 0 Å². The molecule has 3 aromatic rings. The molecule has 0 spiro atoms. The van der Waals surface area contributed by atoms with Gasteiger partial charge in [-0.3, -0.25) is 10.1 Å². The SMILES string of the molecule is CCCn1c(NC(=O)c2ccccc2C)nc2ccccc21. The highest BCUT2D eigenvalue weighted by Gasteiger charge is 2.14. The Morgan fingerprint density at radius 3 is 2.64 bits per heavy atom. The molecule has 0 fully saturated rings. The van der Waals surface area contributed by atoms with Crippen LogP contribution in [0.3, 0.4) is 0 Å². The van der Waals surface area contributed by atoms with Crippen molar-refractivity contribution in [1.82, 2.24) is 9.55 Å². The Hall–Kier alpha value is -2.62. The molecule has 112 valence electrons. The van der Waals surface area contributed by atoms with Crippen molar-refractivity contribution in [1.29, 1.82) is 0 Å². The van der Waals surface area contributed by atoms with Gasteiger partial charge in [0.2, 0.25) is 5.95 Å². The number of carbonyl (C=O) groups is 1. The number of benzene rings is 2. The van der Waals surface area contributed by atoms with Crippen LogP contribution in [0.25, 0.3) is 11.0 Å². The Morgan fingerprint density at radius 1 is 1.14 bits per heavy atom. The summed E-state index contributed by atoms with van der Waals surface area (Å²) in [6, 6.07) is 15.5. The molecular weight excluding hydrogens is 274 g/mol. The number of nitrogens with one attached hydrogen (secondary N) is 1. The number of aromatic nitrogens is 2. The number of carbonyl (C=O) groups excluding carboxylic acids is 1. The maximum absolute atomic E-state index is 12.5. The molecule has 0 bridgehead atoms. The maximum atomic E-state index is 12.5. The van der Waals surface area contributed by atoms with E-state index in [9.17, 15) is 4.79 Å². The number of amides is 1. The third kappa shape index (κ3) is 2.60. The number of para-hydroxylation sites is 2. The monoisotopic (exact) mass is 293 g/mol. The summed E-state index contributed by atoms with van der Waals surface area (Å²) < 4.78 is 2.06. The predicted molar refractivity (Wildman–Crippen MR) is 89.2 cm³/mol. The molecule has 1 amide bonds. The van der Waals surface area contributed by atoms with Crippen LogP contribution >= 0.6 is 0 Å². The minimum atomic E-state index is -0.120. The first-order chi connectivity index (χ1) is 10.7. The normalized spacial score (nSPS) is 10.8. The second-order valence-corrected chi connectivity index (χ2v) is 5.34. The molecule has 0 atom stereocenters. The van der Waals surface area contributed by atoms with Crippen LogP contribution in [-0.2, 0) is 6.54 Å². The molecule has 1 heterocycles. The number of fused-ring (bicyclic) bond motifs is 1. The zero-order chi connectivity index (χ0) is 15.5. The number of nitrogens with zero attached hydrogens (tertiary/aromatic N) is 2. The van der Waals surface area contributed by atoms with Crippen molar-refractivity contribution in [2.75, 3.05) is 5.32 Å². The minimum Gasteiger partial charge on any atom is -0.310 e. The smallest absolute Gasteiger partial charge is 0.258 e. The average Bonchev–Trinajstić information content (AvgIpc) is 2.86. The third-order valence-electron chi connectivity index (χ3n) is 3.72. The van der Waals surface area contributed by atoms with Crippen LogP contribution in [-0.4, -0.2) is 15.5 Å². The predicted octanol–water partition coefficient (Wildman–Crippen LogP) is 4.01. The van der Waals surface area contributed by atoms with E-state index >= 15 is 0 Å². The van der Waals surface area contributed by atoms with Crippen LogP contribution in [0.5, 0.6) is 0 Å². The van der Waals surface area contributed by atoms with Gasteiger partial charge in [0.05, 0.1) is 11.0 Å². The summed E-state index contributed by atoms with van der Waals surface area (Å²) >= 11 is 0. The van der Waals surface area contributed by atoms with Crippen molar-refractivity contribution in [3.8, 4) is 0 Å². The summed E-state index contributed by atoms with van der Waals surface area (Å²) in [4.78, 5) is 17.1. The fourth-order valence-electron chi connectivity index (χ4n) is 2.62. The number of hydrogen-bond donors (Lipinski definition) is 1. The Kier molecular flexibility index (Phi) is 3.92. The fourth-order valence-corrected chi connectivity index (χ4v) is 2.62. The van der Waals surface area contributed by atoms with Gasteiger partial charge in [0, 0.05) is 12.1 Å². The topological polar surface area (TPSA) is 46.9 Å². The lowest BCUT2D eigenvalue weighted by Crippen LogP contribution is -2.17. The second-order valence-electron chi connectivity index (χ2n) is 5.34. The summed E-state index contributed by atoms with van der Waals surface area (Å²) in [5.41, 5.74) is 3.58. The Bertz CT molecular complexity index is 820. The molecule has 2 aromatic carbocycles. The van der Waals surface area contributed by atoms with E-state index in [2.05, 4.69) is 21.8 Å². The molecular formula is C18H19N3O. The molecule has 0 aliphatic rings. The highest BCUT2D eigenvalue weighted by atomic mass is 16.1. The Balaban J connectivity index is 1.98. The molecule has 3 rings (SSSR count). The molecule has 22 heavy (non-hydrogen) atoms. The molecule has 0 radical (unpaired) electrons. The van der Waals surface area contributed by atoms with Gasteiger partial charge in [-0.2, -0.15) is 0 Å². The van der Waals surface area contributed by atoms with Crippen LogP contribution in [0.15, 0.2) is 48.5 Å². The van der Waals surface area contributed by atoms with E-state index in [-0.39, 0.29) is 5.91 Å². The van der Waals surface area contributed by atoms with Crippen molar-refractivity contribution in [2.24, 2.45) is 0 Å². The average molecular weight is 293 g/mol. The van der Waals surface area contributed by atoms with Crippen molar-refractivity contribution in [2.45, 2.75) is 26.8 Å². The molecule has 0 saturated heterocycles. The first-order valence-corrected chi connectivity index (χ1v) is 7.53. The van der Waals surface area contributed by atoms with Crippen LogP contribution in [0, 0.1) is 6.92 Å². The fraction of sp³-hybridized carbons (Fsp3) is 0.222. The first-order valence-electron chi connectivity index (χ1n) is 7.53. The largest absolute Gasteiger partial charge is 0.310 e. The van der Waals surface area contributed by atoms with E-state index < -0.39 is 0 Å². The molecule has 1 aromatic heterocycles. The highest BCUT2D eigenvalue weighted by molar-refractivity contribution is 6.05. The van der Waals surface area contributed by atoms with E-state index in [1.54, 1.807) is 0 Å². The maximum Gasteiger partial charge on any atom is 0.258 e. The van der Waals surface area contributed by atoms with Crippen LogP contribution in [0.4, 0.5) is 5.95 Å². The summed E-state index contributed by atoms with van der Waals surface area (Å²) in [7, 11) is 0. The Morgan fingerprint density at radius 2 is 1.86 bits per heavy atom. The molecule has 0 aliphatic heterocycles. The van der Waals surface area contributed by atoms with Crippen molar-refractivity contribution in [3.05, 3.63) is 59.7 Å². The number of anilines is 1. The summed E-state index contributed by atoms with van der Waals surface area (Å²) in [5.74, 6) is 0.488. The summed E-state index contributed by atoms with van der Waals surface area (Å²) in [6.45, 7) is 4.87. The van der Waals surface area contributed by atoms with Gasteiger partial charge in [0.15, 0.2) is 0 Å². The third-order valence-corrected chi connectivity index (χ3v) is 3.72. The zero-order valence-corrected chi connectivity index (χ0v) is 12.8. The second kappa shape index (κ2) is 6.02. The lowest BCUT2D eigenvalue weighted by Gasteiger charge is -2.10. The van der Waals surface area contributed by atoms with Gasteiger partial charge >= 0.3 is 0 Å². The standard InChI is InChI=1S/C18H19N3O/c1-3-12-21-16-11-7-6-10-15(16)19-18(21)20-17(22)14-9-5-4-8-13(14)2/h4-11H,3,12H2,1-2H3,(H,19,20,22). The van der Waals surface area contributed by atoms with E-state index in [0.717, 1.165) is 29.6 Å². The molecule has 4 nitrogen and oxygen atoms in total. The number of rotatable bonds is 4. The number of hydrogen-bond acceptors (Lipinski definition) is 2. The Labute approximate surface area is 129 Å². The molecule has 0 saturated carbocycles. The van der Waals surface area contributed by atoms with Gasteiger partial charge in [-0.25, -0.2) is 4.98 Å². The molecule has 4 heteroatoms. The van der Waals surface area contributed by atoms with Gasteiger partial charge in [0.1, 0.15) is 0 Å². The minimum absolute atomic E-state index is 0.120. The molecule has 0 unspecified atom stereocenters. The van der Waals surface area contributed by atoms with Gasteiger partial charge < -0.3 is 4.57 Å². The van der Waals surface area contributed by atoms with Crippen LogP contribution in [0.2, 0.25) is 0 Å². The highest BCUT2D eigenvalue weighted by Crippen LogP contribution is 2.21. The number of imidazole rings is 1. The summed E-state index contributed by atoms with van der Waals surface area (Å²) in [6.07, 6.45) is 0.980. The first kappa shape index (κ1) is 14.3. The van der Waals surface area contributed by atoms with E-state index in [0.29, 0.717) is 11.5 Å². The van der Waals surface area contributed by atoms with Crippen LogP contribution in [0.1, 0.15) is 29.3 Å². The lowest BCUT2D eigenvalue weighted by molar-refractivity contribution is 0.102. The van der Waals surface area contributed by atoms with Crippen molar-refractivity contribution < 1.29 is 4.79 Å². The number of aryl methyl sites for hydroxylation is 2. The van der Waals surface area contributed by atoms with Gasteiger partial charge in [0.25, 0.3) is 5.91 Å². The van der Waals surface area contributed by atoms with Gasteiger partial charge in [-0.1, -0.05) is 37.3 Å². The zero-order valence-electron chi connectivity index (χ0n) is 12.8. The van der Waals surface area contributed by atoms with Crippen molar-refractivity contribution in [3.63, 3.8) is 0 Å². The molecule has 1 N–H and O–H groups in total. The van der Waals surface area contributed by atoms with Crippen LogP contribution < -0.4 is 5.32 Å². The van der Waals surface area contributed by atoms with Gasteiger partial charge in [-0.05, 0) is 37.1 Å². The van der Waals surface area contributed by atoms with Crippen molar-refractivity contribution >= 4 is 22.9 Å². The molecule has 0 aliphatic carbocycles. The van der Waals surface area contributed by atoms with E-state index in [1.807, 2.05) is 55.5 Å². The lowest BCUT2D eigenvalue weighted by atomic mass is 10.1.